The lowest BCUT2D eigenvalue weighted by atomic mass is 10.1. The molecule has 0 bridgehead atoms. The normalized spacial score (nSPS) is 13.4. The number of carbonyl (C=O) groups is 1. The highest BCUT2D eigenvalue weighted by molar-refractivity contribution is 8.93. The molecule has 5 heteroatoms. The molecule has 1 aromatic rings. The van der Waals surface area contributed by atoms with Crippen molar-refractivity contribution in [3.05, 3.63) is 42.2 Å². The van der Waals surface area contributed by atoms with Gasteiger partial charge in [0.1, 0.15) is 5.75 Å². The van der Waals surface area contributed by atoms with Crippen LogP contribution >= 0.6 is 17.0 Å². The second-order valence-corrected chi connectivity index (χ2v) is 4.10. The Balaban J connectivity index is 0.00000162. The van der Waals surface area contributed by atoms with Gasteiger partial charge in [-0.05, 0) is 24.3 Å². The van der Waals surface area contributed by atoms with Crippen LogP contribution in [0.25, 0.3) is 0 Å². The molecular formula is C13H17BrN2O2. The van der Waals surface area contributed by atoms with Gasteiger partial charge in [0, 0.05) is 25.0 Å². The van der Waals surface area contributed by atoms with Crippen LogP contribution in [0.15, 0.2) is 36.7 Å². The van der Waals surface area contributed by atoms with Crippen molar-refractivity contribution in [1.29, 1.82) is 0 Å². The molecule has 1 heterocycles. The maximum Gasteiger partial charge on any atom is 0.182 e. The number of Topliss-reactive ketones (excluding diaryl/α,β-unsaturated/α-hetero) is 1. The van der Waals surface area contributed by atoms with E-state index < -0.39 is 0 Å². The number of rotatable bonds is 4. The van der Waals surface area contributed by atoms with Crippen molar-refractivity contribution in [3.63, 3.8) is 0 Å². The summed E-state index contributed by atoms with van der Waals surface area (Å²) in [6, 6.07) is 7.20. The van der Waals surface area contributed by atoms with Gasteiger partial charge in [-0.2, -0.15) is 0 Å². The molecule has 1 aliphatic heterocycles. The van der Waals surface area contributed by atoms with E-state index in [0.717, 1.165) is 12.4 Å². The fourth-order valence-corrected chi connectivity index (χ4v) is 1.74. The molecule has 0 N–H and O–H groups in total. The average Bonchev–Trinajstić information content (AvgIpc) is 2.75. The van der Waals surface area contributed by atoms with E-state index in [-0.39, 0.29) is 22.8 Å². The van der Waals surface area contributed by atoms with Gasteiger partial charge in [-0.1, -0.05) is 0 Å². The molecular weight excluding hydrogens is 296 g/mol. The molecule has 0 spiro atoms. The topological polar surface area (TPSA) is 32.8 Å². The summed E-state index contributed by atoms with van der Waals surface area (Å²) in [4.78, 5) is 16.0. The third-order valence-corrected chi connectivity index (χ3v) is 2.70. The maximum absolute atomic E-state index is 12.0. The minimum Gasteiger partial charge on any atom is -0.497 e. The number of ketones is 1. The van der Waals surface area contributed by atoms with Gasteiger partial charge in [0.05, 0.1) is 20.3 Å². The Morgan fingerprint density at radius 3 is 2.44 bits per heavy atom. The molecule has 0 aliphatic carbocycles. The SMILES string of the molecule is Br.COc1ccc(C(=O)CN2C=CN(C)C2)cc1. The predicted octanol–water partition coefficient (Wildman–Crippen LogP) is 2.13. The molecule has 0 atom stereocenters. The number of benzene rings is 1. The lowest BCUT2D eigenvalue weighted by Gasteiger charge is -2.17. The fraction of sp³-hybridized carbons (Fsp3) is 0.308. The van der Waals surface area contributed by atoms with Gasteiger partial charge in [0.2, 0.25) is 0 Å². The van der Waals surface area contributed by atoms with Crippen molar-refractivity contribution in [3.8, 4) is 5.75 Å². The number of ether oxygens (including phenoxy) is 1. The van der Waals surface area contributed by atoms with Gasteiger partial charge in [0.15, 0.2) is 5.78 Å². The van der Waals surface area contributed by atoms with Crippen LogP contribution in [-0.2, 0) is 0 Å². The van der Waals surface area contributed by atoms with E-state index in [1.54, 1.807) is 31.4 Å². The number of methoxy groups -OCH3 is 1. The highest BCUT2D eigenvalue weighted by Gasteiger charge is 2.13. The average molecular weight is 313 g/mol. The van der Waals surface area contributed by atoms with Crippen molar-refractivity contribution in [2.75, 3.05) is 27.4 Å². The molecule has 0 unspecified atom stereocenters. The first kappa shape index (κ1) is 14.6. The summed E-state index contributed by atoms with van der Waals surface area (Å²) < 4.78 is 5.06. The lowest BCUT2D eigenvalue weighted by molar-refractivity contribution is 0.0948. The highest BCUT2D eigenvalue weighted by atomic mass is 79.9. The summed E-state index contributed by atoms with van der Waals surface area (Å²) in [7, 11) is 3.59. The molecule has 0 saturated carbocycles. The summed E-state index contributed by atoms with van der Waals surface area (Å²) in [6.07, 6.45) is 3.89. The Morgan fingerprint density at radius 1 is 1.28 bits per heavy atom. The first-order valence-electron chi connectivity index (χ1n) is 5.49. The second kappa shape index (κ2) is 6.44. The van der Waals surface area contributed by atoms with Crippen molar-refractivity contribution >= 4 is 22.8 Å². The van der Waals surface area contributed by atoms with Crippen LogP contribution in [0.1, 0.15) is 10.4 Å². The third-order valence-electron chi connectivity index (χ3n) is 2.70. The zero-order chi connectivity index (χ0) is 12.3. The number of hydrogen-bond donors (Lipinski definition) is 0. The van der Waals surface area contributed by atoms with E-state index in [2.05, 4.69) is 0 Å². The molecule has 0 amide bonds. The quantitative estimate of drug-likeness (QED) is 0.797. The lowest BCUT2D eigenvalue weighted by Crippen LogP contribution is -2.27. The second-order valence-electron chi connectivity index (χ2n) is 4.10. The third kappa shape index (κ3) is 3.50. The number of hydrogen-bond acceptors (Lipinski definition) is 4. The monoisotopic (exact) mass is 312 g/mol. The fourth-order valence-electron chi connectivity index (χ4n) is 1.74. The minimum absolute atomic E-state index is 0. The molecule has 0 aromatic heterocycles. The van der Waals surface area contributed by atoms with Gasteiger partial charge < -0.3 is 14.5 Å². The van der Waals surface area contributed by atoms with Gasteiger partial charge in [0.25, 0.3) is 0 Å². The summed E-state index contributed by atoms with van der Waals surface area (Å²) in [5.41, 5.74) is 0.716. The van der Waals surface area contributed by atoms with Gasteiger partial charge in [-0.25, -0.2) is 0 Å². The number of halogens is 1. The van der Waals surface area contributed by atoms with Crippen molar-refractivity contribution < 1.29 is 9.53 Å². The van der Waals surface area contributed by atoms with E-state index in [1.165, 1.54) is 0 Å². The summed E-state index contributed by atoms with van der Waals surface area (Å²) >= 11 is 0. The molecule has 0 saturated heterocycles. The van der Waals surface area contributed by atoms with E-state index in [9.17, 15) is 4.79 Å². The van der Waals surface area contributed by atoms with Crippen molar-refractivity contribution in [1.82, 2.24) is 9.80 Å². The number of carbonyl (C=O) groups excluding carboxylic acids is 1. The molecule has 2 rings (SSSR count). The Kier molecular flexibility index (Phi) is 5.22. The van der Waals surface area contributed by atoms with Gasteiger partial charge >= 0.3 is 0 Å². The Labute approximate surface area is 118 Å². The predicted molar refractivity (Wildman–Crippen MR) is 76.1 cm³/mol. The molecule has 1 aliphatic rings. The molecule has 4 nitrogen and oxygen atoms in total. The Bertz CT molecular complexity index is 431. The van der Waals surface area contributed by atoms with Crippen LogP contribution in [0.4, 0.5) is 0 Å². The summed E-state index contributed by atoms with van der Waals surface area (Å²) in [6.45, 7) is 1.18. The van der Waals surface area contributed by atoms with E-state index in [1.807, 2.05) is 29.2 Å². The first-order valence-corrected chi connectivity index (χ1v) is 5.49. The van der Waals surface area contributed by atoms with Gasteiger partial charge in [-0.3, -0.25) is 4.79 Å². The first-order chi connectivity index (χ1) is 8.19. The van der Waals surface area contributed by atoms with E-state index >= 15 is 0 Å². The largest absolute Gasteiger partial charge is 0.497 e. The van der Waals surface area contributed by atoms with E-state index in [0.29, 0.717) is 12.1 Å². The maximum atomic E-state index is 12.0. The Hall–Kier alpha value is -1.49. The standard InChI is InChI=1S/C13H16N2O2.BrH/c1-14-7-8-15(10-14)9-13(16)11-3-5-12(17-2)6-4-11;/h3-8H,9-10H2,1-2H3;1H. The molecule has 1 aromatic carbocycles. The minimum atomic E-state index is 0. The zero-order valence-corrected chi connectivity index (χ0v) is 12.2. The van der Waals surface area contributed by atoms with E-state index in [4.69, 9.17) is 4.74 Å². The van der Waals surface area contributed by atoms with Crippen LogP contribution in [0.2, 0.25) is 0 Å². The molecule has 18 heavy (non-hydrogen) atoms. The van der Waals surface area contributed by atoms with Crippen LogP contribution in [-0.4, -0.2) is 43.0 Å². The highest BCUT2D eigenvalue weighted by Crippen LogP contribution is 2.13. The summed E-state index contributed by atoms with van der Waals surface area (Å²) in [5.74, 6) is 0.884. The van der Waals surface area contributed by atoms with Crippen molar-refractivity contribution in [2.24, 2.45) is 0 Å². The molecule has 0 radical (unpaired) electrons. The zero-order valence-electron chi connectivity index (χ0n) is 10.5. The summed E-state index contributed by atoms with van der Waals surface area (Å²) in [5, 5.41) is 0. The van der Waals surface area contributed by atoms with Crippen LogP contribution < -0.4 is 4.74 Å². The Morgan fingerprint density at radius 2 is 1.94 bits per heavy atom. The van der Waals surface area contributed by atoms with Crippen LogP contribution in [0, 0.1) is 0 Å². The molecule has 98 valence electrons. The van der Waals surface area contributed by atoms with Crippen LogP contribution in [0.5, 0.6) is 5.75 Å². The van der Waals surface area contributed by atoms with Crippen molar-refractivity contribution in [2.45, 2.75) is 0 Å². The number of nitrogens with zero attached hydrogens (tertiary/aromatic N) is 2. The van der Waals surface area contributed by atoms with Gasteiger partial charge in [-0.15, -0.1) is 17.0 Å². The van der Waals surface area contributed by atoms with Crippen LogP contribution in [0.3, 0.4) is 0 Å². The molecule has 0 fully saturated rings. The smallest absolute Gasteiger partial charge is 0.182 e.